The Kier molecular flexibility index (Phi) is 6.20. The first-order chi connectivity index (χ1) is 16.2. The van der Waals surface area contributed by atoms with Gasteiger partial charge in [0.1, 0.15) is 11.6 Å². The smallest absolute Gasteiger partial charge is 0.252 e. The molecule has 2 aromatic carbocycles. The third-order valence-electron chi connectivity index (χ3n) is 4.99. The van der Waals surface area contributed by atoms with Gasteiger partial charge in [0, 0.05) is 54.6 Å². The van der Waals surface area contributed by atoms with Crippen LogP contribution in [0.15, 0.2) is 71.9 Å². The molecule has 176 valence electrons. The number of ether oxygens (including phenoxy) is 1. The van der Waals surface area contributed by atoms with Crippen LogP contribution in [-0.4, -0.2) is 28.5 Å². The van der Waals surface area contributed by atoms with Crippen LogP contribution in [0.4, 0.5) is 14.5 Å². The average Bonchev–Trinajstić information content (AvgIpc) is 3.33. The molecule has 0 saturated carbocycles. The minimum Gasteiger partial charge on any atom is -0.454 e. The van der Waals surface area contributed by atoms with E-state index in [1.165, 1.54) is 40.4 Å². The van der Waals surface area contributed by atoms with Gasteiger partial charge < -0.3 is 9.30 Å². The Morgan fingerprint density at radius 3 is 2.50 bits per heavy atom. The van der Waals surface area contributed by atoms with Gasteiger partial charge in [-0.2, -0.15) is 5.10 Å². The molecule has 1 N–H and O–H groups in total. The van der Waals surface area contributed by atoms with Crippen molar-refractivity contribution in [2.75, 3.05) is 10.5 Å². The van der Waals surface area contributed by atoms with Crippen molar-refractivity contribution in [3.05, 3.63) is 89.1 Å². The van der Waals surface area contributed by atoms with Crippen LogP contribution in [0.3, 0.4) is 0 Å². The molecule has 0 amide bonds. The molecule has 0 unspecified atom stereocenters. The lowest BCUT2D eigenvalue weighted by Crippen LogP contribution is -2.18. The van der Waals surface area contributed by atoms with Crippen LogP contribution in [0.25, 0.3) is 16.8 Å². The van der Waals surface area contributed by atoms with Gasteiger partial charge in [-0.15, -0.1) is 0 Å². The average molecular weight is 487 g/mol. The van der Waals surface area contributed by atoms with Gasteiger partial charge in [0.05, 0.1) is 11.4 Å². The Morgan fingerprint density at radius 1 is 1.06 bits per heavy atom. The fraction of sp³-hybridized carbons (Fsp3) is 0.130. The highest BCUT2D eigenvalue weighted by Crippen LogP contribution is 2.38. The zero-order chi connectivity index (χ0) is 24.5. The number of aromatic nitrogens is 3. The second kappa shape index (κ2) is 9.10. The number of benzene rings is 2. The summed E-state index contributed by atoms with van der Waals surface area (Å²) >= 11 is 0. The van der Waals surface area contributed by atoms with Crippen LogP contribution in [-0.2, 0) is 17.1 Å². The van der Waals surface area contributed by atoms with E-state index in [-0.39, 0.29) is 28.5 Å². The Bertz CT molecular complexity index is 1520. The van der Waals surface area contributed by atoms with E-state index < -0.39 is 21.7 Å². The molecule has 0 aliphatic heterocycles. The summed E-state index contributed by atoms with van der Waals surface area (Å²) in [6.45, 7) is 1.50. The summed E-state index contributed by atoms with van der Waals surface area (Å²) in [6.07, 6.45) is 4.72. The van der Waals surface area contributed by atoms with Crippen molar-refractivity contribution in [2.24, 2.45) is 7.05 Å². The number of nitrogens with zero attached hydrogens (tertiary/aromatic N) is 3. The number of pyridine rings is 1. The summed E-state index contributed by atoms with van der Waals surface area (Å²) in [4.78, 5) is 12.4. The normalized spacial score (nSPS) is 11.4. The summed E-state index contributed by atoms with van der Waals surface area (Å²) in [7, 11) is -2.03. The van der Waals surface area contributed by atoms with E-state index >= 15 is 0 Å². The molecule has 0 aliphatic carbocycles. The first kappa shape index (κ1) is 23.2. The highest BCUT2D eigenvalue weighted by molar-refractivity contribution is 7.92. The van der Waals surface area contributed by atoms with Gasteiger partial charge in [-0.3, -0.25) is 9.52 Å². The van der Waals surface area contributed by atoms with E-state index in [2.05, 4.69) is 9.82 Å². The van der Waals surface area contributed by atoms with Gasteiger partial charge in [0.25, 0.3) is 5.56 Å². The molecule has 11 heteroatoms. The third-order valence-corrected chi connectivity index (χ3v) is 6.30. The fourth-order valence-corrected chi connectivity index (χ4v) is 3.88. The monoisotopic (exact) mass is 486 g/mol. The van der Waals surface area contributed by atoms with Crippen LogP contribution < -0.4 is 15.0 Å². The number of sulfonamides is 1. The Morgan fingerprint density at radius 2 is 1.82 bits per heavy atom. The third kappa shape index (κ3) is 4.84. The van der Waals surface area contributed by atoms with Gasteiger partial charge in [-0.1, -0.05) is 0 Å². The van der Waals surface area contributed by atoms with Crippen LogP contribution in [0.1, 0.15) is 6.92 Å². The Labute approximate surface area is 194 Å². The molecule has 0 saturated heterocycles. The maximum Gasteiger partial charge on any atom is 0.252 e. The number of hydrogen-bond donors (Lipinski definition) is 1. The van der Waals surface area contributed by atoms with Gasteiger partial charge in [-0.05, 0) is 43.3 Å². The second-order valence-corrected chi connectivity index (χ2v) is 9.38. The van der Waals surface area contributed by atoms with E-state index in [1.54, 1.807) is 31.7 Å². The molecule has 2 heterocycles. The van der Waals surface area contributed by atoms with Crippen molar-refractivity contribution in [2.45, 2.75) is 6.92 Å². The minimum absolute atomic E-state index is 0.139. The summed E-state index contributed by atoms with van der Waals surface area (Å²) in [6, 6.07) is 10.4. The van der Waals surface area contributed by atoms with Gasteiger partial charge in [-0.25, -0.2) is 21.9 Å². The molecular formula is C23H20F2N4O4S. The second-order valence-electron chi connectivity index (χ2n) is 7.37. The molecule has 0 fully saturated rings. The van der Waals surface area contributed by atoms with Gasteiger partial charge in [0.15, 0.2) is 11.6 Å². The molecule has 4 aromatic rings. The Hall–Kier alpha value is -3.99. The summed E-state index contributed by atoms with van der Waals surface area (Å²) < 4.78 is 63.0. The van der Waals surface area contributed by atoms with Crippen molar-refractivity contribution in [3.8, 4) is 28.3 Å². The van der Waals surface area contributed by atoms with Crippen molar-refractivity contribution < 1.29 is 21.9 Å². The van der Waals surface area contributed by atoms with E-state index in [9.17, 15) is 22.0 Å². The summed E-state index contributed by atoms with van der Waals surface area (Å²) in [5, 5.41) is 4.19. The van der Waals surface area contributed by atoms with Crippen molar-refractivity contribution in [1.82, 2.24) is 14.3 Å². The SMILES string of the molecule is CCS(=O)(=O)Nc1ccc(Oc2ccc(F)cc2F)c(-c2cn(C)c(=O)cc2-n2cccn2)c1. The number of anilines is 1. The zero-order valence-electron chi connectivity index (χ0n) is 18.2. The quantitative estimate of drug-likeness (QED) is 0.425. The highest BCUT2D eigenvalue weighted by Gasteiger charge is 2.18. The van der Waals surface area contributed by atoms with Crippen molar-refractivity contribution in [1.29, 1.82) is 0 Å². The number of rotatable bonds is 7. The summed E-state index contributed by atoms with van der Waals surface area (Å²) in [5.41, 5.74) is 1.14. The number of halogens is 2. The van der Waals surface area contributed by atoms with Crippen LogP contribution in [0, 0.1) is 11.6 Å². The molecule has 8 nitrogen and oxygen atoms in total. The van der Waals surface area contributed by atoms with Crippen LogP contribution >= 0.6 is 0 Å². The highest BCUT2D eigenvalue weighted by atomic mass is 32.2. The standard InChI is InChI=1S/C23H20F2N4O4S/c1-3-34(31,32)27-16-6-8-21(33-22-7-5-15(24)11-19(22)25)17(12-16)18-14-28(2)23(30)13-20(18)29-10-4-9-26-29/h4-14,27H,3H2,1-2H3. The summed E-state index contributed by atoms with van der Waals surface area (Å²) in [5.74, 6) is -1.88. The maximum absolute atomic E-state index is 14.3. The lowest BCUT2D eigenvalue weighted by atomic mass is 10.0. The first-order valence-electron chi connectivity index (χ1n) is 10.2. The number of hydrogen-bond acceptors (Lipinski definition) is 5. The lowest BCUT2D eigenvalue weighted by Gasteiger charge is -2.17. The minimum atomic E-state index is -3.59. The van der Waals surface area contributed by atoms with Crippen molar-refractivity contribution >= 4 is 15.7 Å². The van der Waals surface area contributed by atoms with Crippen LogP contribution in [0.2, 0.25) is 0 Å². The molecule has 0 bridgehead atoms. The largest absolute Gasteiger partial charge is 0.454 e. The molecule has 4 rings (SSSR count). The topological polar surface area (TPSA) is 95.2 Å². The molecule has 34 heavy (non-hydrogen) atoms. The lowest BCUT2D eigenvalue weighted by molar-refractivity contribution is 0.439. The predicted octanol–water partition coefficient (Wildman–Crippen LogP) is 4.07. The molecule has 0 aliphatic rings. The van der Waals surface area contributed by atoms with E-state index in [4.69, 9.17) is 4.74 Å². The maximum atomic E-state index is 14.3. The number of nitrogens with one attached hydrogen (secondary N) is 1. The molecule has 0 spiro atoms. The van der Waals surface area contributed by atoms with E-state index in [0.29, 0.717) is 22.9 Å². The van der Waals surface area contributed by atoms with E-state index in [0.717, 1.165) is 12.1 Å². The molecule has 0 atom stereocenters. The van der Waals surface area contributed by atoms with Crippen molar-refractivity contribution in [3.63, 3.8) is 0 Å². The first-order valence-corrected chi connectivity index (χ1v) is 11.8. The van der Waals surface area contributed by atoms with Gasteiger partial charge in [0.2, 0.25) is 10.0 Å². The predicted molar refractivity (Wildman–Crippen MR) is 124 cm³/mol. The molecule has 0 radical (unpaired) electrons. The molecular weight excluding hydrogens is 466 g/mol. The fourth-order valence-electron chi connectivity index (χ4n) is 3.25. The van der Waals surface area contributed by atoms with Gasteiger partial charge >= 0.3 is 0 Å². The van der Waals surface area contributed by atoms with Crippen LogP contribution in [0.5, 0.6) is 11.5 Å². The molecule has 2 aromatic heterocycles. The Balaban J connectivity index is 1.94. The number of aryl methyl sites for hydroxylation is 1. The van der Waals surface area contributed by atoms with E-state index in [1.807, 2.05) is 0 Å². The zero-order valence-corrected chi connectivity index (χ0v) is 19.0.